The largest absolute Gasteiger partial charge is 0.382 e. The van der Waals surface area contributed by atoms with Crippen molar-refractivity contribution in [2.24, 2.45) is 11.8 Å². The molecule has 0 heterocycles. The molecule has 1 aromatic carbocycles. The molecule has 1 N–H and O–H groups in total. The Morgan fingerprint density at radius 2 is 1.80 bits per heavy atom. The second-order valence-electron chi connectivity index (χ2n) is 6.07. The van der Waals surface area contributed by atoms with E-state index in [1.807, 2.05) is 12.1 Å². The van der Waals surface area contributed by atoms with E-state index in [4.69, 9.17) is 0 Å². The van der Waals surface area contributed by atoms with Gasteiger partial charge in [-0.05, 0) is 55.4 Å². The number of rotatable bonds is 4. The van der Waals surface area contributed by atoms with Gasteiger partial charge in [0.2, 0.25) is 0 Å². The van der Waals surface area contributed by atoms with E-state index in [2.05, 4.69) is 19.2 Å². The molecule has 1 saturated carbocycles. The lowest BCUT2D eigenvalue weighted by Gasteiger charge is -2.33. The summed E-state index contributed by atoms with van der Waals surface area (Å²) in [6.45, 7) is 6.28. The second kappa shape index (κ2) is 6.17. The minimum atomic E-state index is -3.09. The fraction of sp³-hybridized carbons (Fsp3) is 0.625. The van der Waals surface area contributed by atoms with Crippen LogP contribution in [0.1, 0.15) is 40.0 Å². The van der Waals surface area contributed by atoms with E-state index >= 15 is 0 Å². The summed E-state index contributed by atoms with van der Waals surface area (Å²) in [6.07, 6.45) is 3.72. The first-order valence-electron chi connectivity index (χ1n) is 7.51. The third-order valence-electron chi connectivity index (χ3n) is 4.38. The van der Waals surface area contributed by atoms with Gasteiger partial charge in [-0.15, -0.1) is 0 Å². The van der Waals surface area contributed by atoms with Crippen molar-refractivity contribution in [2.45, 2.75) is 51.0 Å². The van der Waals surface area contributed by atoms with E-state index in [0.29, 0.717) is 16.9 Å². The molecule has 1 aromatic rings. The molecular weight excluding hydrogens is 270 g/mol. The summed E-state index contributed by atoms with van der Waals surface area (Å²) < 4.78 is 23.5. The topological polar surface area (TPSA) is 46.2 Å². The van der Waals surface area contributed by atoms with Crippen LogP contribution in [0.25, 0.3) is 0 Å². The monoisotopic (exact) mass is 295 g/mol. The Morgan fingerprint density at radius 1 is 1.15 bits per heavy atom. The molecule has 2 rings (SSSR count). The lowest BCUT2D eigenvalue weighted by Crippen LogP contribution is -2.32. The Balaban J connectivity index is 2.04. The van der Waals surface area contributed by atoms with Gasteiger partial charge in [-0.3, -0.25) is 0 Å². The maximum Gasteiger partial charge on any atom is 0.178 e. The summed E-state index contributed by atoms with van der Waals surface area (Å²) in [6, 6.07) is 7.68. The van der Waals surface area contributed by atoms with E-state index in [9.17, 15) is 8.42 Å². The lowest BCUT2D eigenvalue weighted by molar-refractivity contribution is 0.276. The van der Waals surface area contributed by atoms with Crippen molar-refractivity contribution in [1.82, 2.24) is 0 Å². The highest BCUT2D eigenvalue weighted by atomic mass is 32.2. The zero-order valence-corrected chi connectivity index (χ0v) is 13.4. The Kier molecular flexibility index (Phi) is 4.74. The number of benzene rings is 1. The molecule has 0 spiro atoms. The van der Waals surface area contributed by atoms with Gasteiger partial charge in [0, 0.05) is 11.7 Å². The third kappa shape index (κ3) is 3.54. The van der Waals surface area contributed by atoms with Crippen molar-refractivity contribution in [2.75, 3.05) is 11.1 Å². The first-order chi connectivity index (χ1) is 9.42. The van der Waals surface area contributed by atoms with Gasteiger partial charge in [0.1, 0.15) is 0 Å². The van der Waals surface area contributed by atoms with Crippen LogP contribution in [0.4, 0.5) is 5.69 Å². The molecule has 0 aliphatic heterocycles. The van der Waals surface area contributed by atoms with Gasteiger partial charge < -0.3 is 5.32 Å². The first-order valence-corrected chi connectivity index (χ1v) is 9.17. The van der Waals surface area contributed by atoms with Gasteiger partial charge in [-0.2, -0.15) is 0 Å². The van der Waals surface area contributed by atoms with Crippen LogP contribution in [0, 0.1) is 11.8 Å². The van der Waals surface area contributed by atoms with E-state index < -0.39 is 9.84 Å². The van der Waals surface area contributed by atoms with Gasteiger partial charge >= 0.3 is 0 Å². The van der Waals surface area contributed by atoms with Crippen molar-refractivity contribution in [3.05, 3.63) is 24.3 Å². The minimum absolute atomic E-state index is 0.150. The standard InChI is InChI=1S/C16H25NO2S/c1-4-20(18,19)15-8-6-14(7-9-15)17-16-10-5-12(2)11-13(16)3/h6-9,12-13,16-17H,4-5,10-11H2,1-3H3. The molecule has 0 saturated heterocycles. The van der Waals surface area contributed by atoms with E-state index in [-0.39, 0.29) is 5.75 Å². The molecule has 3 unspecified atom stereocenters. The van der Waals surface area contributed by atoms with Crippen LogP contribution in [0.5, 0.6) is 0 Å². The van der Waals surface area contributed by atoms with Crippen LogP contribution in [-0.2, 0) is 9.84 Å². The Labute approximate surface area is 122 Å². The Bertz CT molecular complexity index is 536. The molecule has 20 heavy (non-hydrogen) atoms. The average molecular weight is 295 g/mol. The Morgan fingerprint density at radius 3 is 2.35 bits per heavy atom. The molecule has 1 fully saturated rings. The SMILES string of the molecule is CCS(=O)(=O)c1ccc(NC2CCC(C)CC2C)cc1. The summed E-state index contributed by atoms with van der Waals surface area (Å²) in [5.74, 6) is 1.63. The zero-order valence-electron chi connectivity index (χ0n) is 12.6. The number of hydrogen-bond donors (Lipinski definition) is 1. The van der Waals surface area contributed by atoms with E-state index in [0.717, 1.165) is 11.6 Å². The highest BCUT2D eigenvalue weighted by Gasteiger charge is 2.25. The second-order valence-corrected chi connectivity index (χ2v) is 8.35. The van der Waals surface area contributed by atoms with Gasteiger partial charge in [0.05, 0.1) is 10.6 Å². The molecular formula is C16H25NO2S. The molecule has 112 valence electrons. The fourth-order valence-corrected chi connectivity index (χ4v) is 3.90. The predicted octanol–water partition coefficient (Wildman–Crippen LogP) is 3.72. The van der Waals surface area contributed by atoms with Crippen molar-refractivity contribution in [3.63, 3.8) is 0 Å². The van der Waals surface area contributed by atoms with Crippen molar-refractivity contribution < 1.29 is 8.42 Å². The number of anilines is 1. The maximum atomic E-state index is 11.8. The molecule has 1 aliphatic carbocycles. The molecule has 0 amide bonds. The molecule has 3 atom stereocenters. The summed E-state index contributed by atoms with van der Waals surface area (Å²) in [5.41, 5.74) is 1.02. The number of hydrogen-bond acceptors (Lipinski definition) is 3. The van der Waals surface area contributed by atoms with Crippen LogP contribution >= 0.6 is 0 Å². The van der Waals surface area contributed by atoms with Crippen molar-refractivity contribution >= 4 is 15.5 Å². The molecule has 4 heteroatoms. The molecule has 1 aliphatic rings. The Hall–Kier alpha value is -1.03. The van der Waals surface area contributed by atoms with Crippen LogP contribution in [-0.4, -0.2) is 20.2 Å². The summed E-state index contributed by atoms with van der Waals surface area (Å²) in [7, 11) is -3.09. The molecule has 0 bridgehead atoms. The van der Waals surface area contributed by atoms with Gasteiger partial charge in [0.25, 0.3) is 0 Å². The van der Waals surface area contributed by atoms with E-state index in [1.165, 1.54) is 19.3 Å². The highest BCUT2D eigenvalue weighted by molar-refractivity contribution is 7.91. The molecule has 3 nitrogen and oxygen atoms in total. The quantitative estimate of drug-likeness (QED) is 0.921. The maximum absolute atomic E-state index is 11.8. The number of sulfone groups is 1. The van der Waals surface area contributed by atoms with Crippen molar-refractivity contribution in [3.8, 4) is 0 Å². The zero-order chi connectivity index (χ0) is 14.8. The van der Waals surface area contributed by atoms with Gasteiger partial charge in [-0.1, -0.05) is 20.8 Å². The summed E-state index contributed by atoms with van der Waals surface area (Å²) in [5, 5.41) is 3.55. The fourth-order valence-electron chi connectivity index (χ4n) is 3.02. The van der Waals surface area contributed by atoms with Gasteiger partial charge in [-0.25, -0.2) is 8.42 Å². The molecule has 0 aromatic heterocycles. The normalized spacial score (nSPS) is 27.2. The summed E-state index contributed by atoms with van der Waals surface area (Å²) in [4.78, 5) is 0.413. The number of nitrogens with one attached hydrogen (secondary N) is 1. The highest BCUT2D eigenvalue weighted by Crippen LogP contribution is 2.30. The van der Waals surface area contributed by atoms with Crippen LogP contribution in [0.15, 0.2) is 29.2 Å². The lowest BCUT2D eigenvalue weighted by atomic mass is 9.80. The van der Waals surface area contributed by atoms with E-state index in [1.54, 1.807) is 19.1 Å². The van der Waals surface area contributed by atoms with Crippen LogP contribution in [0.2, 0.25) is 0 Å². The minimum Gasteiger partial charge on any atom is -0.382 e. The third-order valence-corrected chi connectivity index (χ3v) is 6.13. The van der Waals surface area contributed by atoms with Crippen LogP contribution in [0.3, 0.4) is 0 Å². The van der Waals surface area contributed by atoms with Crippen LogP contribution < -0.4 is 5.32 Å². The predicted molar refractivity (Wildman–Crippen MR) is 83.8 cm³/mol. The first kappa shape index (κ1) is 15.4. The molecule has 0 radical (unpaired) electrons. The smallest absolute Gasteiger partial charge is 0.178 e. The summed E-state index contributed by atoms with van der Waals surface area (Å²) >= 11 is 0. The van der Waals surface area contributed by atoms with Gasteiger partial charge in [0.15, 0.2) is 9.84 Å². The average Bonchev–Trinajstić information content (AvgIpc) is 2.42. The van der Waals surface area contributed by atoms with Crippen molar-refractivity contribution in [1.29, 1.82) is 0 Å².